The summed E-state index contributed by atoms with van der Waals surface area (Å²) in [6.07, 6.45) is -3.80. The molecule has 0 spiro atoms. The molecule has 0 bridgehead atoms. The second-order valence-corrected chi connectivity index (χ2v) is 6.81. The number of benzene rings is 2. The third-order valence-electron chi connectivity index (χ3n) is 4.69. The van der Waals surface area contributed by atoms with E-state index in [9.17, 15) is 22.8 Å². The van der Waals surface area contributed by atoms with E-state index in [1.165, 1.54) is 6.07 Å². The number of carboxylic acid groups (broad SMARTS) is 1. The van der Waals surface area contributed by atoms with Gasteiger partial charge in [-0.15, -0.1) is 0 Å². The lowest BCUT2D eigenvalue weighted by Gasteiger charge is -2.11. The zero-order valence-corrected chi connectivity index (χ0v) is 14.8. The number of anilines is 1. The number of carbonyl (C=O) groups is 2. The highest BCUT2D eigenvalue weighted by Gasteiger charge is 2.31. The van der Waals surface area contributed by atoms with Gasteiger partial charge in [0.05, 0.1) is 5.56 Å². The van der Waals surface area contributed by atoms with Crippen molar-refractivity contribution in [1.29, 1.82) is 0 Å². The normalized spacial score (nSPS) is 19.4. The Balaban J connectivity index is 1.60. The van der Waals surface area contributed by atoms with Crippen LogP contribution in [0.25, 0.3) is 11.1 Å². The maximum atomic E-state index is 12.8. The summed E-state index contributed by atoms with van der Waals surface area (Å²) in [5, 5.41) is 14.5. The van der Waals surface area contributed by atoms with Gasteiger partial charge in [0.1, 0.15) is 6.04 Å². The van der Waals surface area contributed by atoms with Crippen LogP contribution >= 0.6 is 0 Å². The van der Waals surface area contributed by atoms with Gasteiger partial charge in [-0.25, -0.2) is 0 Å². The predicted molar refractivity (Wildman–Crippen MR) is 97.7 cm³/mol. The van der Waals surface area contributed by atoms with Crippen LogP contribution in [0.4, 0.5) is 18.9 Å². The fourth-order valence-electron chi connectivity index (χ4n) is 3.25. The van der Waals surface area contributed by atoms with Crippen LogP contribution in [0.2, 0.25) is 0 Å². The summed E-state index contributed by atoms with van der Waals surface area (Å²) in [4.78, 5) is 23.1. The summed E-state index contributed by atoms with van der Waals surface area (Å²) in [6, 6.07) is 11.0. The molecule has 0 radical (unpaired) electrons. The van der Waals surface area contributed by atoms with Crippen molar-refractivity contribution in [3.05, 3.63) is 54.1 Å². The van der Waals surface area contributed by atoms with Crippen LogP contribution in [0.1, 0.15) is 18.4 Å². The van der Waals surface area contributed by atoms with E-state index in [2.05, 4.69) is 10.6 Å². The van der Waals surface area contributed by atoms with Gasteiger partial charge in [-0.3, -0.25) is 9.59 Å². The van der Waals surface area contributed by atoms with E-state index in [0.29, 0.717) is 29.8 Å². The van der Waals surface area contributed by atoms with Crippen molar-refractivity contribution in [3.8, 4) is 11.1 Å². The lowest BCUT2D eigenvalue weighted by molar-refractivity contribution is -0.139. The minimum Gasteiger partial charge on any atom is -0.480 e. The summed E-state index contributed by atoms with van der Waals surface area (Å²) >= 11 is 0. The second-order valence-electron chi connectivity index (χ2n) is 6.81. The Labute approximate surface area is 159 Å². The number of amides is 1. The number of carboxylic acids is 1. The predicted octanol–water partition coefficient (Wildman–Crippen LogP) is 3.76. The largest absolute Gasteiger partial charge is 0.480 e. The topological polar surface area (TPSA) is 78.4 Å². The monoisotopic (exact) mass is 392 g/mol. The fourth-order valence-corrected chi connectivity index (χ4v) is 3.25. The molecule has 1 amide bonds. The van der Waals surface area contributed by atoms with Gasteiger partial charge in [-0.1, -0.05) is 24.3 Å². The van der Waals surface area contributed by atoms with Crippen LogP contribution in [-0.4, -0.2) is 29.6 Å². The molecule has 1 heterocycles. The van der Waals surface area contributed by atoms with E-state index in [1.54, 1.807) is 30.3 Å². The molecule has 2 aromatic carbocycles. The third kappa shape index (κ3) is 4.89. The number of nitrogens with one attached hydrogen (secondary N) is 2. The molecular weight excluding hydrogens is 373 g/mol. The lowest BCUT2D eigenvalue weighted by Crippen LogP contribution is -2.29. The molecule has 0 saturated carbocycles. The standard InChI is InChI=1S/C20H19F3N2O3/c21-20(22,23)15-3-1-2-14(10-15)13-4-6-16(7-5-13)25-18(26)9-12-8-17(19(27)28)24-11-12/h1-7,10,12,17,24H,8-9,11H2,(H,25,26)(H,27,28). The molecule has 28 heavy (non-hydrogen) atoms. The molecular formula is C20H19F3N2O3. The molecule has 0 aliphatic carbocycles. The molecule has 2 unspecified atom stereocenters. The number of alkyl halides is 3. The summed E-state index contributed by atoms with van der Waals surface area (Å²) in [5.74, 6) is -1.21. The molecule has 1 saturated heterocycles. The van der Waals surface area contributed by atoms with Gasteiger partial charge in [0.15, 0.2) is 0 Å². The van der Waals surface area contributed by atoms with Crippen LogP contribution < -0.4 is 10.6 Å². The van der Waals surface area contributed by atoms with E-state index < -0.39 is 23.8 Å². The van der Waals surface area contributed by atoms with Crippen molar-refractivity contribution >= 4 is 17.6 Å². The first-order valence-corrected chi connectivity index (χ1v) is 8.76. The van der Waals surface area contributed by atoms with Crippen molar-refractivity contribution < 1.29 is 27.9 Å². The van der Waals surface area contributed by atoms with Crippen LogP contribution in [0.3, 0.4) is 0 Å². The van der Waals surface area contributed by atoms with Crippen molar-refractivity contribution in [1.82, 2.24) is 5.32 Å². The summed E-state index contributed by atoms with van der Waals surface area (Å²) in [6.45, 7) is 0.471. The molecule has 0 aromatic heterocycles. The minimum atomic E-state index is -4.40. The van der Waals surface area contributed by atoms with Crippen LogP contribution in [0.15, 0.2) is 48.5 Å². The summed E-state index contributed by atoms with van der Waals surface area (Å²) < 4.78 is 38.5. The second kappa shape index (κ2) is 8.02. The Bertz CT molecular complexity index is 866. The van der Waals surface area contributed by atoms with Crippen molar-refractivity contribution in [3.63, 3.8) is 0 Å². The zero-order valence-electron chi connectivity index (χ0n) is 14.8. The molecule has 1 aliphatic rings. The van der Waals surface area contributed by atoms with E-state index in [-0.39, 0.29) is 18.2 Å². The maximum Gasteiger partial charge on any atom is 0.416 e. The molecule has 2 atom stereocenters. The zero-order chi connectivity index (χ0) is 20.3. The Morgan fingerprint density at radius 1 is 1.11 bits per heavy atom. The van der Waals surface area contributed by atoms with Gasteiger partial charge in [0.2, 0.25) is 5.91 Å². The Morgan fingerprint density at radius 3 is 2.43 bits per heavy atom. The molecule has 3 N–H and O–H groups in total. The van der Waals surface area contributed by atoms with Crippen LogP contribution in [-0.2, 0) is 15.8 Å². The fraction of sp³-hybridized carbons (Fsp3) is 0.300. The Hall–Kier alpha value is -2.87. The number of rotatable bonds is 5. The highest BCUT2D eigenvalue weighted by molar-refractivity contribution is 5.91. The molecule has 8 heteroatoms. The Kier molecular flexibility index (Phi) is 5.69. The average molecular weight is 392 g/mol. The van der Waals surface area contributed by atoms with E-state index in [4.69, 9.17) is 5.11 Å². The molecule has 3 rings (SSSR count). The highest BCUT2D eigenvalue weighted by Crippen LogP contribution is 2.32. The van der Waals surface area contributed by atoms with E-state index in [1.807, 2.05) is 0 Å². The number of hydrogen-bond acceptors (Lipinski definition) is 3. The van der Waals surface area contributed by atoms with Gasteiger partial charge in [-0.2, -0.15) is 13.2 Å². The molecule has 1 fully saturated rings. The van der Waals surface area contributed by atoms with Gasteiger partial charge in [-0.05, 0) is 54.3 Å². The van der Waals surface area contributed by atoms with E-state index in [0.717, 1.165) is 12.1 Å². The first-order valence-electron chi connectivity index (χ1n) is 8.76. The number of carbonyl (C=O) groups excluding carboxylic acids is 1. The summed E-state index contributed by atoms with van der Waals surface area (Å²) in [7, 11) is 0. The maximum absolute atomic E-state index is 12.8. The lowest BCUT2D eigenvalue weighted by atomic mass is 10.0. The van der Waals surface area contributed by atoms with Crippen LogP contribution in [0, 0.1) is 5.92 Å². The SMILES string of the molecule is O=C(CC1CNC(C(=O)O)C1)Nc1ccc(-c2cccc(C(F)(F)F)c2)cc1. The average Bonchev–Trinajstić information content (AvgIpc) is 3.10. The first kappa shape index (κ1) is 19.9. The van der Waals surface area contributed by atoms with Crippen molar-refractivity contribution in [2.24, 2.45) is 5.92 Å². The quantitative estimate of drug-likeness (QED) is 0.724. The first-order chi connectivity index (χ1) is 13.2. The molecule has 5 nitrogen and oxygen atoms in total. The third-order valence-corrected chi connectivity index (χ3v) is 4.69. The van der Waals surface area contributed by atoms with Gasteiger partial charge in [0.25, 0.3) is 0 Å². The summed E-state index contributed by atoms with van der Waals surface area (Å²) in [5.41, 5.74) is 0.853. The minimum absolute atomic E-state index is 0.0505. The highest BCUT2D eigenvalue weighted by atomic mass is 19.4. The van der Waals surface area contributed by atoms with Crippen molar-refractivity contribution in [2.75, 3.05) is 11.9 Å². The molecule has 1 aliphatic heterocycles. The Morgan fingerprint density at radius 2 is 1.82 bits per heavy atom. The van der Waals surface area contributed by atoms with Gasteiger partial charge >= 0.3 is 12.1 Å². The number of aliphatic carboxylic acids is 1. The molecule has 2 aromatic rings. The van der Waals surface area contributed by atoms with Crippen molar-refractivity contribution in [2.45, 2.75) is 25.1 Å². The van der Waals surface area contributed by atoms with E-state index >= 15 is 0 Å². The molecule has 148 valence electrons. The van der Waals surface area contributed by atoms with Gasteiger partial charge < -0.3 is 15.7 Å². The van der Waals surface area contributed by atoms with Gasteiger partial charge in [0, 0.05) is 12.1 Å². The smallest absolute Gasteiger partial charge is 0.416 e. The number of hydrogen-bond donors (Lipinski definition) is 3. The van der Waals surface area contributed by atoms with Crippen LogP contribution in [0.5, 0.6) is 0 Å². The number of halogens is 3.